The summed E-state index contributed by atoms with van der Waals surface area (Å²) in [6.07, 6.45) is 2.39. The highest BCUT2D eigenvalue weighted by Crippen LogP contribution is 2.28. The van der Waals surface area contributed by atoms with E-state index in [1.54, 1.807) is 7.05 Å². The Labute approximate surface area is 115 Å². The van der Waals surface area contributed by atoms with Crippen LogP contribution in [0.25, 0.3) is 0 Å². The van der Waals surface area contributed by atoms with E-state index in [0.29, 0.717) is 5.92 Å². The lowest BCUT2D eigenvalue weighted by molar-refractivity contribution is 0.0963. The van der Waals surface area contributed by atoms with Crippen molar-refractivity contribution in [3.8, 4) is 0 Å². The third-order valence-corrected chi connectivity index (χ3v) is 3.54. The number of benzene rings is 1. The van der Waals surface area contributed by atoms with Gasteiger partial charge in [0.15, 0.2) is 0 Å². The molecule has 0 atom stereocenters. The summed E-state index contributed by atoms with van der Waals surface area (Å²) in [7, 11) is 1.67. The predicted octanol–water partition coefficient (Wildman–Crippen LogP) is 2.24. The van der Waals surface area contributed by atoms with E-state index in [9.17, 15) is 4.79 Å². The van der Waals surface area contributed by atoms with E-state index in [4.69, 9.17) is 0 Å². The van der Waals surface area contributed by atoms with E-state index in [-0.39, 0.29) is 18.3 Å². The van der Waals surface area contributed by atoms with Crippen LogP contribution >= 0.6 is 12.4 Å². The molecule has 1 heterocycles. The molecule has 2 N–H and O–H groups in total. The number of amides is 1. The lowest BCUT2D eigenvalue weighted by Crippen LogP contribution is -2.27. The van der Waals surface area contributed by atoms with Crippen molar-refractivity contribution >= 4 is 18.3 Å². The minimum atomic E-state index is -0.00930. The molecular formula is C14H21ClN2O. The lowest BCUT2D eigenvalue weighted by Gasteiger charge is -2.24. The Bertz CT molecular complexity index is 414. The van der Waals surface area contributed by atoms with E-state index >= 15 is 0 Å². The number of hydrogen-bond donors (Lipinski definition) is 2. The Kier molecular flexibility index (Phi) is 5.63. The summed E-state index contributed by atoms with van der Waals surface area (Å²) in [6.45, 7) is 4.30. The van der Waals surface area contributed by atoms with Crippen molar-refractivity contribution in [3.05, 3.63) is 34.9 Å². The number of aryl methyl sites for hydroxylation is 1. The molecule has 1 saturated heterocycles. The van der Waals surface area contributed by atoms with Gasteiger partial charge in [0.05, 0.1) is 0 Å². The number of rotatable bonds is 2. The van der Waals surface area contributed by atoms with Gasteiger partial charge in [-0.1, -0.05) is 6.07 Å². The molecule has 0 saturated carbocycles. The lowest BCUT2D eigenvalue weighted by atomic mass is 9.87. The minimum absolute atomic E-state index is 0. The summed E-state index contributed by atoms with van der Waals surface area (Å²) in [4.78, 5) is 11.5. The van der Waals surface area contributed by atoms with Crippen LogP contribution in [0.1, 0.15) is 40.2 Å². The molecule has 0 radical (unpaired) electrons. The molecule has 0 spiro atoms. The zero-order valence-electron chi connectivity index (χ0n) is 11.0. The monoisotopic (exact) mass is 268 g/mol. The van der Waals surface area contributed by atoms with E-state index in [2.05, 4.69) is 23.6 Å². The maximum absolute atomic E-state index is 11.5. The molecule has 1 aromatic carbocycles. The Morgan fingerprint density at radius 1 is 1.33 bits per heavy atom. The van der Waals surface area contributed by atoms with Crippen LogP contribution in [0, 0.1) is 6.92 Å². The summed E-state index contributed by atoms with van der Waals surface area (Å²) in [5, 5.41) is 6.04. The smallest absolute Gasteiger partial charge is 0.251 e. The van der Waals surface area contributed by atoms with Gasteiger partial charge in [-0.15, -0.1) is 12.4 Å². The highest BCUT2D eigenvalue weighted by molar-refractivity contribution is 5.94. The second-order valence-electron chi connectivity index (χ2n) is 4.67. The van der Waals surface area contributed by atoms with Crippen LogP contribution in [-0.2, 0) is 0 Å². The van der Waals surface area contributed by atoms with E-state index in [0.717, 1.165) is 18.7 Å². The van der Waals surface area contributed by atoms with Crippen molar-refractivity contribution < 1.29 is 4.79 Å². The van der Waals surface area contributed by atoms with Crippen molar-refractivity contribution in [2.75, 3.05) is 20.1 Å². The van der Waals surface area contributed by atoms with Gasteiger partial charge in [0.2, 0.25) is 0 Å². The van der Waals surface area contributed by atoms with E-state index in [1.165, 1.54) is 24.0 Å². The third kappa shape index (κ3) is 3.24. The van der Waals surface area contributed by atoms with Crippen LogP contribution in [0.5, 0.6) is 0 Å². The number of carbonyl (C=O) groups excluding carboxylic acids is 1. The van der Waals surface area contributed by atoms with Gasteiger partial charge in [0.1, 0.15) is 0 Å². The Hall–Kier alpha value is -1.06. The molecule has 0 bridgehead atoms. The molecule has 0 aliphatic carbocycles. The fourth-order valence-electron chi connectivity index (χ4n) is 2.55. The molecule has 100 valence electrons. The summed E-state index contributed by atoms with van der Waals surface area (Å²) in [5.41, 5.74) is 3.39. The van der Waals surface area contributed by atoms with Gasteiger partial charge in [-0.2, -0.15) is 0 Å². The first-order valence-corrected chi connectivity index (χ1v) is 6.25. The molecule has 3 nitrogen and oxygen atoms in total. The summed E-state index contributed by atoms with van der Waals surface area (Å²) in [6, 6.07) is 6.05. The van der Waals surface area contributed by atoms with Gasteiger partial charge in [0, 0.05) is 12.6 Å². The van der Waals surface area contributed by atoms with Crippen molar-refractivity contribution in [3.63, 3.8) is 0 Å². The largest absolute Gasteiger partial charge is 0.355 e. The fraction of sp³-hybridized carbons (Fsp3) is 0.500. The molecule has 1 aliphatic rings. The van der Waals surface area contributed by atoms with E-state index < -0.39 is 0 Å². The number of halogens is 1. The molecule has 4 heteroatoms. The molecule has 1 aliphatic heterocycles. The van der Waals surface area contributed by atoms with Gasteiger partial charge in [-0.3, -0.25) is 4.79 Å². The average Bonchev–Trinajstić information content (AvgIpc) is 2.38. The maximum atomic E-state index is 11.5. The molecular weight excluding hydrogens is 248 g/mol. The summed E-state index contributed by atoms with van der Waals surface area (Å²) < 4.78 is 0. The number of hydrogen-bond acceptors (Lipinski definition) is 2. The second-order valence-corrected chi connectivity index (χ2v) is 4.67. The Morgan fingerprint density at radius 3 is 2.56 bits per heavy atom. The minimum Gasteiger partial charge on any atom is -0.355 e. The highest BCUT2D eigenvalue weighted by Gasteiger charge is 2.17. The van der Waals surface area contributed by atoms with Crippen LogP contribution in [0.15, 0.2) is 18.2 Å². The van der Waals surface area contributed by atoms with Crippen molar-refractivity contribution in [2.24, 2.45) is 0 Å². The number of nitrogens with one attached hydrogen (secondary N) is 2. The van der Waals surface area contributed by atoms with Gasteiger partial charge in [0.25, 0.3) is 5.91 Å². The van der Waals surface area contributed by atoms with Gasteiger partial charge in [-0.25, -0.2) is 0 Å². The summed E-state index contributed by atoms with van der Waals surface area (Å²) in [5.74, 6) is 0.639. The quantitative estimate of drug-likeness (QED) is 0.864. The Morgan fingerprint density at radius 2 is 2.00 bits per heavy atom. The zero-order valence-corrected chi connectivity index (χ0v) is 11.8. The van der Waals surface area contributed by atoms with Crippen molar-refractivity contribution in [1.82, 2.24) is 10.6 Å². The zero-order chi connectivity index (χ0) is 12.3. The molecule has 18 heavy (non-hydrogen) atoms. The average molecular weight is 269 g/mol. The summed E-state index contributed by atoms with van der Waals surface area (Å²) >= 11 is 0. The standard InChI is InChI=1S/C14H20N2O.ClH/c1-10-9-12(14(17)15-2)3-4-13(10)11-5-7-16-8-6-11;/h3-4,9,11,16H,5-8H2,1-2H3,(H,15,17);1H. The van der Waals surface area contributed by atoms with Crippen LogP contribution in [0.2, 0.25) is 0 Å². The second kappa shape index (κ2) is 6.76. The highest BCUT2D eigenvalue weighted by atomic mass is 35.5. The first-order chi connectivity index (χ1) is 8.22. The van der Waals surface area contributed by atoms with Crippen LogP contribution in [0.4, 0.5) is 0 Å². The molecule has 1 aromatic rings. The molecule has 2 rings (SSSR count). The van der Waals surface area contributed by atoms with Crippen molar-refractivity contribution in [1.29, 1.82) is 0 Å². The molecule has 0 unspecified atom stereocenters. The SMILES string of the molecule is CNC(=O)c1ccc(C2CCNCC2)c(C)c1.Cl. The molecule has 1 amide bonds. The van der Waals surface area contributed by atoms with Gasteiger partial charge >= 0.3 is 0 Å². The number of piperidine rings is 1. The first kappa shape index (κ1) is 15.0. The Balaban J connectivity index is 0.00000162. The van der Waals surface area contributed by atoms with Crippen molar-refractivity contribution in [2.45, 2.75) is 25.7 Å². The van der Waals surface area contributed by atoms with Gasteiger partial charge in [-0.05, 0) is 62.0 Å². The van der Waals surface area contributed by atoms with Crippen LogP contribution in [0.3, 0.4) is 0 Å². The number of carbonyl (C=O) groups is 1. The van der Waals surface area contributed by atoms with E-state index in [1.807, 2.05) is 12.1 Å². The predicted molar refractivity (Wildman–Crippen MR) is 76.7 cm³/mol. The third-order valence-electron chi connectivity index (χ3n) is 3.54. The first-order valence-electron chi connectivity index (χ1n) is 6.25. The maximum Gasteiger partial charge on any atom is 0.251 e. The van der Waals surface area contributed by atoms with Crippen LogP contribution in [-0.4, -0.2) is 26.0 Å². The van der Waals surface area contributed by atoms with Gasteiger partial charge < -0.3 is 10.6 Å². The van der Waals surface area contributed by atoms with Crippen LogP contribution < -0.4 is 10.6 Å². The topological polar surface area (TPSA) is 41.1 Å². The molecule has 1 fully saturated rings. The normalized spacial score (nSPS) is 15.9. The fourth-order valence-corrected chi connectivity index (χ4v) is 2.55. The molecule has 0 aromatic heterocycles.